The highest BCUT2D eigenvalue weighted by Crippen LogP contribution is 2.31. The van der Waals surface area contributed by atoms with E-state index in [2.05, 4.69) is 22.4 Å². The number of hydrogen-bond acceptors (Lipinski definition) is 5. The van der Waals surface area contributed by atoms with Crippen molar-refractivity contribution in [2.45, 2.75) is 39.0 Å². The molecule has 2 aromatic rings. The molecule has 0 atom stereocenters. The van der Waals surface area contributed by atoms with Crippen LogP contribution in [0.4, 0.5) is 11.4 Å². The number of halogens is 2. The normalized spacial score (nSPS) is 10.7. The predicted molar refractivity (Wildman–Crippen MR) is 90.7 cm³/mol. The van der Waals surface area contributed by atoms with Gasteiger partial charge in [0.05, 0.1) is 15.7 Å². The van der Waals surface area contributed by atoms with E-state index >= 15 is 0 Å². The van der Waals surface area contributed by atoms with Crippen LogP contribution in [0.5, 0.6) is 0 Å². The minimum atomic E-state index is -0.143. The lowest BCUT2D eigenvalue weighted by molar-refractivity contribution is -0.116. The maximum absolute atomic E-state index is 11.9. The van der Waals surface area contributed by atoms with E-state index in [1.807, 2.05) is 0 Å². The van der Waals surface area contributed by atoms with Crippen LogP contribution in [0.3, 0.4) is 0 Å². The molecule has 0 fully saturated rings. The Balaban J connectivity index is 1.81. The maximum Gasteiger partial charge on any atom is 0.226 e. The molecule has 1 aromatic heterocycles. The molecule has 6 nitrogen and oxygen atoms in total. The summed E-state index contributed by atoms with van der Waals surface area (Å²) in [4.78, 5) is 16.2. The van der Waals surface area contributed by atoms with Crippen molar-refractivity contribution in [1.82, 2.24) is 10.1 Å². The van der Waals surface area contributed by atoms with Gasteiger partial charge in [0.2, 0.25) is 11.8 Å². The van der Waals surface area contributed by atoms with E-state index in [9.17, 15) is 4.79 Å². The zero-order valence-electron chi connectivity index (χ0n) is 12.7. The molecule has 0 radical (unpaired) electrons. The van der Waals surface area contributed by atoms with Crippen LogP contribution >= 0.6 is 23.2 Å². The topological polar surface area (TPSA) is 94.0 Å². The lowest BCUT2D eigenvalue weighted by atomic mass is 10.2. The van der Waals surface area contributed by atoms with Crippen LogP contribution in [0.1, 0.15) is 37.9 Å². The molecule has 0 aliphatic carbocycles. The first-order chi connectivity index (χ1) is 11.0. The largest absolute Gasteiger partial charge is 0.396 e. The standard InChI is InChI=1S/C15H18Cl2N4O2/c1-2-4-12-20-14(23-21-12)6-3-5-13(22)19-9-7-10(16)15(18)11(17)8-9/h7-8H,2-6,18H2,1H3,(H,19,22). The number of nitrogens with zero attached hydrogens (tertiary/aromatic N) is 2. The molecule has 0 aliphatic heterocycles. The van der Waals surface area contributed by atoms with Gasteiger partial charge in [-0.25, -0.2) is 0 Å². The monoisotopic (exact) mass is 356 g/mol. The highest BCUT2D eigenvalue weighted by molar-refractivity contribution is 6.39. The van der Waals surface area contributed by atoms with Crippen LogP contribution in [0.15, 0.2) is 16.7 Å². The van der Waals surface area contributed by atoms with Gasteiger partial charge in [-0.05, 0) is 25.0 Å². The second-order valence-electron chi connectivity index (χ2n) is 5.11. The first kappa shape index (κ1) is 17.6. The molecule has 1 heterocycles. The Morgan fingerprint density at radius 1 is 1.30 bits per heavy atom. The molecule has 2 rings (SSSR count). The molecular weight excluding hydrogens is 339 g/mol. The Morgan fingerprint density at radius 3 is 2.65 bits per heavy atom. The maximum atomic E-state index is 11.9. The molecule has 1 aromatic carbocycles. The second-order valence-corrected chi connectivity index (χ2v) is 5.92. The van der Waals surface area contributed by atoms with Gasteiger partial charge in [-0.3, -0.25) is 4.79 Å². The summed E-state index contributed by atoms with van der Waals surface area (Å²) in [6.07, 6.45) is 3.26. The van der Waals surface area contributed by atoms with E-state index in [0.717, 1.165) is 12.8 Å². The van der Waals surface area contributed by atoms with Crippen molar-refractivity contribution >= 4 is 40.5 Å². The van der Waals surface area contributed by atoms with Gasteiger partial charge >= 0.3 is 0 Å². The average molecular weight is 357 g/mol. The first-order valence-corrected chi connectivity index (χ1v) is 8.11. The number of aromatic nitrogens is 2. The summed E-state index contributed by atoms with van der Waals surface area (Å²) >= 11 is 11.9. The van der Waals surface area contributed by atoms with E-state index in [-0.39, 0.29) is 5.91 Å². The van der Waals surface area contributed by atoms with Gasteiger partial charge in [0.1, 0.15) is 0 Å². The van der Waals surface area contributed by atoms with Crippen LogP contribution in [0, 0.1) is 0 Å². The number of anilines is 2. The van der Waals surface area contributed by atoms with Gasteiger partial charge in [0.25, 0.3) is 0 Å². The van der Waals surface area contributed by atoms with Crippen LogP contribution < -0.4 is 11.1 Å². The minimum Gasteiger partial charge on any atom is -0.396 e. The lowest BCUT2D eigenvalue weighted by Gasteiger charge is -2.08. The van der Waals surface area contributed by atoms with Crippen molar-refractivity contribution in [2.75, 3.05) is 11.1 Å². The zero-order chi connectivity index (χ0) is 16.8. The lowest BCUT2D eigenvalue weighted by Crippen LogP contribution is -2.11. The Morgan fingerprint density at radius 2 is 2.00 bits per heavy atom. The number of rotatable bonds is 7. The quantitative estimate of drug-likeness (QED) is 0.734. The molecule has 8 heteroatoms. The Hall–Kier alpha value is -1.79. The van der Waals surface area contributed by atoms with Crippen LogP contribution in [-0.2, 0) is 17.6 Å². The summed E-state index contributed by atoms with van der Waals surface area (Å²) in [5, 5.41) is 7.22. The van der Waals surface area contributed by atoms with Gasteiger partial charge in [-0.2, -0.15) is 4.98 Å². The molecule has 1 amide bonds. The highest BCUT2D eigenvalue weighted by atomic mass is 35.5. The first-order valence-electron chi connectivity index (χ1n) is 7.35. The molecule has 23 heavy (non-hydrogen) atoms. The smallest absolute Gasteiger partial charge is 0.226 e. The van der Waals surface area contributed by atoms with Crippen LogP contribution in [0.25, 0.3) is 0 Å². The van der Waals surface area contributed by atoms with Gasteiger partial charge < -0.3 is 15.6 Å². The number of nitrogen functional groups attached to an aromatic ring is 1. The molecular formula is C15H18Cl2N4O2. The number of carbonyl (C=O) groups is 1. The number of nitrogens with one attached hydrogen (secondary N) is 1. The number of nitrogens with two attached hydrogens (primary N) is 1. The molecule has 3 N–H and O–H groups in total. The number of carbonyl (C=O) groups excluding carboxylic acids is 1. The van der Waals surface area contributed by atoms with E-state index < -0.39 is 0 Å². The SMILES string of the molecule is CCCc1noc(CCCC(=O)Nc2cc(Cl)c(N)c(Cl)c2)n1. The predicted octanol–water partition coefficient (Wildman–Crippen LogP) is 3.87. The molecule has 0 aliphatic rings. The fourth-order valence-electron chi connectivity index (χ4n) is 2.00. The van der Waals surface area contributed by atoms with Crippen molar-refractivity contribution in [3.05, 3.63) is 33.9 Å². The Labute approximate surface area is 144 Å². The summed E-state index contributed by atoms with van der Waals surface area (Å²) in [7, 11) is 0. The summed E-state index contributed by atoms with van der Waals surface area (Å²) in [6, 6.07) is 3.13. The third-order valence-corrected chi connectivity index (χ3v) is 3.77. The van der Waals surface area contributed by atoms with Crippen LogP contribution in [0.2, 0.25) is 10.0 Å². The molecule has 0 bridgehead atoms. The third-order valence-electron chi connectivity index (χ3n) is 3.14. The van der Waals surface area contributed by atoms with Gasteiger partial charge in [-0.15, -0.1) is 0 Å². The fraction of sp³-hybridized carbons (Fsp3) is 0.400. The summed E-state index contributed by atoms with van der Waals surface area (Å²) in [5.41, 5.74) is 6.46. The summed E-state index contributed by atoms with van der Waals surface area (Å²) < 4.78 is 5.12. The summed E-state index contributed by atoms with van der Waals surface area (Å²) in [6.45, 7) is 2.05. The van der Waals surface area contributed by atoms with Crippen molar-refractivity contribution in [3.63, 3.8) is 0 Å². The Kier molecular flexibility index (Phi) is 6.24. The molecule has 0 saturated heterocycles. The second kappa shape index (κ2) is 8.17. The average Bonchev–Trinajstić information content (AvgIpc) is 2.92. The fourth-order valence-corrected chi connectivity index (χ4v) is 2.48. The number of aryl methyl sites for hydroxylation is 2. The van der Waals surface area contributed by atoms with Crippen LogP contribution in [-0.4, -0.2) is 16.0 Å². The van der Waals surface area contributed by atoms with E-state index in [4.69, 9.17) is 33.5 Å². The minimum absolute atomic E-state index is 0.143. The number of benzene rings is 1. The molecule has 124 valence electrons. The van der Waals surface area contributed by atoms with Crippen molar-refractivity contribution in [1.29, 1.82) is 0 Å². The van der Waals surface area contributed by atoms with Gasteiger partial charge in [0, 0.05) is 24.9 Å². The zero-order valence-corrected chi connectivity index (χ0v) is 14.2. The van der Waals surface area contributed by atoms with Crippen molar-refractivity contribution < 1.29 is 9.32 Å². The third kappa shape index (κ3) is 5.11. The molecule has 0 spiro atoms. The van der Waals surface area contributed by atoms with Gasteiger partial charge in [-0.1, -0.05) is 35.3 Å². The van der Waals surface area contributed by atoms with E-state index in [1.165, 1.54) is 0 Å². The molecule has 0 unspecified atom stereocenters. The highest BCUT2D eigenvalue weighted by Gasteiger charge is 2.10. The summed E-state index contributed by atoms with van der Waals surface area (Å²) in [5.74, 6) is 1.12. The van der Waals surface area contributed by atoms with Gasteiger partial charge in [0.15, 0.2) is 5.82 Å². The van der Waals surface area contributed by atoms with Crippen molar-refractivity contribution in [3.8, 4) is 0 Å². The van der Waals surface area contributed by atoms with E-state index in [1.54, 1.807) is 12.1 Å². The number of hydrogen-bond donors (Lipinski definition) is 2. The van der Waals surface area contributed by atoms with Crippen molar-refractivity contribution in [2.24, 2.45) is 0 Å². The number of amides is 1. The molecule has 0 saturated carbocycles. The Bertz CT molecular complexity index is 665. The van der Waals surface area contributed by atoms with E-state index in [0.29, 0.717) is 52.4 Å².